The third kappa shape index (κ3) is 3.55. The maximum atomic E-state index is 12.1. The van der Waals surface area contributed by atoms with Crippen LogP contribution in [0.4, 0.5) is 8.78 Å². The van der Waals surface area contributed by atoms with E-state index in [1.54, 1.807) is 19.1 Å². The van der Waals surface area contributed by atoms with Crippen LogP contribution in [0.25, 0.3) is 0 Å². The summed E-state index contributed by atoms with van der Waals surface area (Å²) in [5, 5.41) is 8.42. The molecule has 80 valence electrons. The van der Waals surface area contributed by atoms with E-state index in [4.69, 9.17) is 5.26 Å². The number of hydrogen-bond donors (Lipinski definition) is 0. The summed E-state index contributed by atoms with van der Waals surface area (Å²) in [5.74, 6) is 0.167. The zero-order chi connectivity index (χ0) is 11.3. The van der Waals surface area contributed by atoms with Gasteiger partial charge in [0, 0.05) is 6.42 Å². The van der Waals surface area contributed by atoms with Crippen LogP contribution in [0, 0.1) is 18.3 Å². The lowest BCUT2D eigenvalue weighted by molar-refractivity contribution is -0.0504. The minimum absolute atomic E-state index is 0.167. The van der Waals surface area contributed by atoms with Crippen molar-refractivity contribution in [3.63, 3.8) is 0 Å². The van der Waals surface area contributed by atoms with Crippen LogP contribution < -0.4 is 4.74 Å². The van der Waals surface area contributed by atoms with Gasteiger partial charge in [0.25, 0.3) is 0 Å². The predicted octanol–water partition coefficient (Wildman–Crippen LogP) is 3.05. The van der Waals surface area contributed by atoms with Gasteiger partial charge in [-0.05, 0) is 30.5 Å². The zero-order valence-corrected chi connectivity index (χ0v) is 8.34. The maximum absolute atomic E-state index is 12.1. The van der Waals surface area contributed by atoms with Crippen molar-refractivity contribution in [1.82, 2.24) is 0 Å². The predicted molar refractivity (Wildman–Crippen MR) is 51.7 cm³/mol. The molecule has 0 N–H and O–H groups in total. The molecule has 1 rings (SSSR count). The molecule has 0 heterocycles. The van der Waals surface area contributed by atoms with Gasteiger partial charge >= 0.3 is 6.61 Å². The quantitative estimate of drug-likeness (QED) is 0.766. The van der Waals surface area contributed by atoms with Gasteiger partial charge in [0.15, 0.2) is 0 Å². The molecule has 0 amide bonds. The van der Waals surface area contributed by atoms with Gasteiger partial charge in [-0.1, -0.05) is 12.1 Å². The standard InChI is InChI=1S/C11H11F2NO/c1-8-4-5-9(3-2-6-14)10(7-8)15-11(12)13/h4-5,7,11H,2-3H2,1H3. The zero-order valence-electron chi connectivity index (χ0n) is 8.34. The minimum Gasteiger partial charge on any atom is -0.435 e. The summed E-state index contributed by atoms with van der Waals surface area (Å²) >= 11 is 0. The van der Waals surface area contributed by atoms with Crippen LogP contribution in [0.2, 0.25) is 0 Å². The van der Waals surface area contributed by atoms with Gasteiger partial charge in [-0.25, -0.2) is 0 Å². The van der Waals surface area contributed by atoms with Crippen LogP contribution in [-0.4, -0.2) is 6.61 Å². The Morgan fingerprint density at radius 2 is 2.20 bits per heavy atom. The van der Waals surface area contributed by atoms with Gasteiger partial charge in [0.2, 0.25) is 0 Å². The number of nitrogens with zero attached hydrogens (tertiary/aromatic N) is 1. The molecule has 0 aliphatic rings. The second kappa shape index (κ2) is 5.30. The molecule has 0 unspecified atom stereocenters. The van der Waals surface area contributed by atoms with E-state index in [0.29, 0.717) is 18.4 Å². The summed E-state index contributed by atoms with van der Waals surface area (Å²) in [7, 11) is 0. The summed E-state index contributed by atoms with van der Waals surface area (Å²) in [6.45, 7) is -1.03. The van der Waals surface area contributed by atoms with Gasteiger partial charge in [-0.3, -0.25) is 0 Å². The largest absolute Gasteiger partial charge is 0.435 e. The van der Waals surface area contributed by atoms with Crippen molar-refractivity contribution in [1.29, 1.82) is 5.26 Å². The fourth-order valence-corrected chi connectivity index (χ4v) is 1.26. The molecular formula is C11H11F2NO. The number of ether oxygens (including phenoxy) is 1. The van der Waals surface area contributed by atoms with Crippen molar-refractivity contribution in [3.8, 4) is 11.8 Å². The Kier molecular flexibility index (Phi) is 4.04. The van der Waals surface area contributed by atoms with E-state index in [-0.39, 0.29) is 5.75 Å². The molecule has 1 aromatic rings. The third-order valence-electron chi connectivity index (χ3n) is 1.94. The topological polar surface area (TPSA) is 33.0 Å². The lowest BCUT2D eigenvalue weighted by atomic mass is 10.1. The highest BCUT2D eigenvalue weighted by Gasteiger charge is 2.09. The summed E-state index contributed by atoms with van der Waals surface area (Å²) in [4.78, 5) is 0. The molecule has 0 atom stereocenters. The Hall–Kier alpha value is -1.63. The molecule has 2 nitrogen and oxygen atoms in total. The number of alkyl halides is 2. The first-order chi connectivity index (χ1) is 7.13. The van der Waals surface area contributed by atoms with Gasteiger partial charge in [0.05, 0.1) is 6.07 Å². The van der Waals surface area contributed by atoms with E-state index in [2.05, 4.69) is 4.74 Å². The van der Waals surface area contributed by atoms with Crippen LogP contribution in [0.15, 0.2) is 18.2 Å². The number of aryl methyl sites for hydroxylation is 2. The first-order valence-electron chi connectivity index (χ1n) is 4.55. The lowest BCUT2D eigenvalue weighted by Gasteiger charge is -2.10. The van der Waals surface area contributed by atoms with E-state index in [0.717, 1.165) is 5.56 Å². The average molecular weight is 211 g/mol. The molecular weight excluding hydrogens is 200 g/mol. The smallest absolute Gasteiger partial charge is 0.387 e. The van der Waals surface area contributed by atoms with E-state index >= 15 is 0 Å². The Morgan fingerprint density at radius 3 is 2.80 bits per heavy atom. The first kappa shape index (κ1) is 11.4. The van der Waals surface area contributed by atoms with Crippen LogP contribution in [-0.2, 0) is 6.42 Å². The second-order valence-corrected chi connectivity index (χ2v) is 3.15. The molecule has 0 aliphatic heterocycles. The van der Waals surface area contributed by atoms with Crippen molar-refractivity contribution in [2.45, 2.75) is 26.4 Å². The molecule has 0 aliphatic carbocycles. The Morgan fingerprint density at radius 1 is 1.47 bits per heavy atom. The summed E-state index contributed by atoms with van der Waals surface area (Å²) in [6.07, 6.45) is 0.724. The fourth-order valence-electron chi connectivity index (χ4n) is 1.26. The SMILES string of the molecule is Cc1ccc(CCC#N)c(OC(F)F)c1. The van der Waals surface area contributed by atoms with Crippen molar-refractivity contribution >= 4 is 0 Å². The number of rotatable bonds is 4. The van der Waals surface area contributed by atoms with Crippen molar-refractivity contribution in [2.75, 3.05) is 0 Å². The third-order valence-corrected chi connectivity index (χ3v) is 1.94. The fraction of sp³-hybridized carbons (Fsp3) is 0.364. The van der Waals surface area contributed by atoms with Crippen molar-refractivity contribution < 1.29 is 13.5 Å². The Labute approximate surface area is 87.1 Å². The highest BCUT2D eigenvalue weighted by molar-refractivity contribution is 5.37. The number of benzene rings is 1. The Balaban J connectivity index is 2.88. The van der Waals surface area contributed by atoms with E-state index < -0.39 is 6.61 Å². The van der Waals surface area contributed by atoms with Crippen LogP contribution in [0.3, 0.4) is 0 Å². The molecule has 0 radical (unpaired) electrons. The number of halogens is 2. The molecule has 0 aromatic heterocycles. The molecule has 0 fully saturated rings. The van der Waals surface area contributed by atoms with Crippen LogP contribution in [0.1, 0.15) is 17.5 Å². The van der Waals surface area contributed by atoms with E-state index in [1.165, 1.54) is 0 Å². The minimum atomic E-state index is -2.83. The Bertz CT molecular complexity index is 371. The second-order valence-electron chi connectivity index (χ2n) is 3.15. The monoisotopic (exact) mass is 211 g/mol. The lowest BCUT2D eigenvalue weighted by Crippen LogP contribution is -2.04. The van der Waals surface area contributed by atoms with E-state index in [9.17, 15) is 8.78 Å². The van der Waals surface area contributed by atoms with Gasteiger partial charge in [-0.15, -0.1) is 0 Å². The van der Waals surface area contributed by atoms with Crippen molar-refractivity contribution in [3.05, 3.63) is 29.3 Å². The van der Waals surface area contributed by atoms with E-state index in [1.807, 2.05) is 12.1 Å². The molecule has 0 saturated carbocycles. The molecule has 0 bridgehead atoms. The average Bonchev–Trinajstić information content (AvgIpc) is 2.16. The molecule has 4 heteroatoms. The maximum Gasteiger partial charge on any atom is 0.387 e. The molecule has 15 heavy (non-hydrogen) atoms. The normalized spacial score (nSPS) is 10.1. The summed E-state index contributed by atoms with van der Waals surface area (Å²) < 4.78 is 28.5. The first-order valence-corrected chi connectivity index (χ1v) is 4.55. The van der Waals surface area contributed by atoms with Gasteiger partial charge in [-0.2, -0.15) is 14.0 Å². The van der Waals surface area contributed by atoms with Gasteiger partial charge in [0.1, 0.15) is 5.75 Å². The molecule has 0 spiro atoms. The summed E-state index contributed by atoms with van der Waals surface area (Å²) in [5.41, 5.74) is 1.49. The van der Waals surface area contributed by atoms with Gasteiger partial charge < -0.3 is 4.74 Å². The van der Waals surface area contributed by atoms with Crippen LogP contribution >= 0.6 is 0 Å². The van der Waals surface area contributed by atoms with Crippen LogP contribution in [0.5, 0.6) is 5.75 Å². The highest BCUT2D eigenvalue weighted by atomic mass is 19.3. The number of hydrogen-bond acceptors (Lipinski definition) is 2. The highest BCUT2D eigenvalue weighted by Crippen LogP contribution is 2.23. The molecule has 1 aromatic carbocycles. The summed E-state index contributed by atoms with van der Waals surface area (Å²) in [6, 6.07) is 7.05. The number of nitriles is 1. The van der Waals surface area contributed by atoms with Crippen molar-refractivity contribution in [2.24, 2.45) is 0 Å². The molecule has 0 saturated heterocycles.